The van der Waals surface area contributed by atoms with Crippen LogP contribution in [0.15, 0.2) is 12.2 Å². The molecule has 0 fully saturated rings. The predicted molar refractivity (Wildman–Crippen MR) is 45.3 cm³/mol. The van der Waals surface area contributed by atoms with E-state index in [1.54, 1.807) is 12.2 Å². The molecule has 0 N–H and O–H groups in total. The average molecular weight is 169 g/mol. The van der Waals surface area contributed by atoms with Gasteiger partial charge in [0.1, 0.15) is 0 Å². The zero-order valence-corrected chi connectivity index (χ0v) is 7.37. The van der Waals surface area contributed by atoms with Gasteiger partial charge in [0.05, 0.1) is 0 Å². The number of allylic oxidation sites excluding steroid dienone is 1. The van der Waals surface area contributed by atoms with Gasteiger partial charge in [0.2, 0.25) is 0 Å². The Hall–Kier alpha value is -1.12. The molecule has 0 saturated heterocycles. The topological polar surface area (TPSA) is 43.4 Å². The van der Waals surface area contributed by atoms with Crippen molar-refractivity contribution in [2.45, 2.75) is 26.4 Å². The Balaban J connectivity index is 4.04. The molecule has 1 atom stereocenters. The fourth-order valence-electron chi connectivity index (χ4n) is 0.705. The lowest BCUT2D eigenvalue weighted by Gasteiger charge is -2.10. The number of carbonyl (C=O) groups excluding carboxylic acids is 2. The molecule has 0 aromatic heterocycles. The molecule has 0 rings (SSSR count). The highest BCUT2D eigenvalue weighted by atomic mass is 16.5. The van der Waals surface area contributed by atoms with E-state index < -0.39 is 12.1 Å². The Labute approximate surface area is 72.4 Å². The van der Waals surface area contributed by atoms with Gasteiger partial charge in [-0.15, -0.1) is 0 Å². The Kier molecular flexibility index (Phi) is 5.00. The van der Waals surface area contributed by atoms with Crippen LogP contribution in [0.3, 0.4) is 0 Å². The van der Waals surface area contributed by atoms with E-state index in [-0.39, 0.29) is 5.78 Å². The Morgan fingerprint density at radius 3 is 2.50 bits per heavy atom. The van der Waals surface area contributed by atoms with Gasteiger partial charge >= 0.3 is 5.97 Å². The number of ketones is 1. The maximum Gasteiger partial charge on any atom is 0.303 e. The molecule has 0 aliphatic heterocycles. The summed E-state index contributed by atoms with van der Waals surface area (Å²) in [6.45, 7) is 6.30. The highest BCUT2D eigenvalue weighted by molar-refractivity contribution is 5.88. The minimum Gasteiger partial charge on any atom is -0.454 e. The highest BCUT2D eigenvalue weighted by Crippen LogP contribution is 2.01. The lowest BCUT2D eigenvalue weighted by atomic mass is 10.2. The van der Waals surface area contributed by atoms with Crippen LogP contribution in [0.4, 0.5) is 0 Å². The van der Waals surface area contributed by atoms with Gasteiger partial charge in [-0.3, -0.25) is 9.59 Å². The van der Waals surface area contributed by atoms with Gasteiger partial charge in [0, 0.05) is 20.3 Å². The Bertz CT molecular complexity index is 194. The van der Waals surface area contributed by atoms with Crippen LogP contribution >= 0.6 is 0 Å². The first-order valence-corrected chi connectivity index (χ1v) is 3.72. The molecule has 0 heterocycles. The van der Waals surface area contributed by atoms with E-state index in [4.69, 9.17) is 4.74 Å². The van der Waals surface area contributed by atoms with Crippen molar-refractivity contribution in [2.24, 2.45) is 0 Å². The number of rotatable bonds is 4. The van der Waals surface area contributed by atoms with E-state index in [1.165, 1.54) is 6.92 Å². The summed E-state index contributed by atoms with van der Waals surface area (Å²) in [6, 6.07) is 0. The van der Waals surface area contributed by atoms with Crippen LogP contribution in [-0.2, 0) is 14.3 Å². The molecule has 0 saturated carbocycles. The quantitative estimate of drug-likeness (QED) is 0.470. The van der Waals surface area contributed by atoms with Gasteiger partial charge in [-0.1, -0.05) is 12.2 Å². The minimum atomic E-state index is -0.723. The van der Waals surface area contributed by atoms with E-state index in [9.17, 15) is 9.59 Å². The largest absolute Gasteiger partial charge is 0.454 e. The summed E-state index contributed by atoms with van der Waals surface area (Å²) in [5, 5.41) is 0. The summed E-state index contributed by atoms with van der Waals surface area (Å²) in [6.07, 6.45) is 3.23. The van der Waals surface area contributed by atoms with Crippen LogP contribution in [0.25, 0.3) is 0 Å². The predicted octanol–water partition coefficient (Wildman–Crippen LogP) is 1.29. The SMILES string of the molecule is [CH2]C(=O)C(C/C=C/C)OC(C)=O. The zero-order valence-electron chi connectivity index (χ0n) is 7.37. The monoisotopic (exact) mass is 169 g/mol. The van der Waals surface area contributed by atoms with E-state index in [0.717, 1.165) is 0 Å². The molecule has 0 spiro atoms. The molecular formula is C9H13O3. The second kappa shape index (κ2) is 5.52. The van der Waals surface area contributed by atoms with Gasteiger partial charge in [-0.25, -0.2) is 0 Å². The van der Waals surface area contributed by atoms with Crippen molar-refractivity contribution in [3.8, 4) is 0 Å². The molecule has 0 aliphatic rings. The van der Waals surface area contributed by atoms with Crippen LogP contribution in [0.1, 0.15) is 20.3 Å². The molecule has 1 unspecified atom stereocenters. The number of hydrogen-bond acceptors (Lipinski definition) is 3. The molecule has 67 valence electrons. The first-order valence-electron chi connectivity index (χ1n) is 3.72. The average Bonchev–Trinajstić information content (AvgIpc) is 1.96. The molecule has 3 nitrogen and oxygen atoms in total. The third kappa shape index (κ3) is 4.66. The minimum absolute atomic E-state index is 0.372. The van der Waals surface area contributed by atoms with E-state index in [0.29, 0.717) is 6.42 Å². The van der Waals surface area contributed by atoms with Crippen molar-refractivity contribution in [1.82, 2.24) is 0 Å². The third-order valence-corrected chi connectivity index (χ3v) is 1.25. The normalized spacial score (nSPS) is 12.9. The van der Waals surface area contributed by atoms with Crippen molar-refractivity contribution in [2.75, 3.05) is 0 Å². The van der Waals surface area contributed by atoms with Crippen molar-refractivity contribution < 1.29 is 14.3 Å². The van der Waals surface area contributed by atoms with E-state index in [2.05, 4.69) is 6.92 Å². The smallest absolute Gasteiger partial charge is 0.303 e. The molecule has 0 aromatic rings. The molecule has 0 aromatic carbocycles. The summed E-state index contributed by atoms with van der Waals surface area (Å²) in [5.74, 6) is -0.829. The summed E-state index contributed by atoms with van der Waals surface area (Å²) in [7, 11) is 0. The molecule has 3 heteroatoms. The maximum absolute atomic E-state index is 10.8. The number of Topliss-reactive ketones (excluding diaryl/α,β-unsaturated/α-hetero) is 1. The van der Waals surface area contributed by atoms with Crippen molar-refractivity contribution >= 4 is 11.8 Å². The maximum atomic E-state index is 10.8. The summed E-state index contributed by atoms with van der Waals surface area (Å²) >= 11 is 0. The van der Waals surface area contributed by atoms with E-state index >= 15 is 0 Å². The molecule has 0 aliphatic carbocycles. The van der Waals surface area contributed by atoms with Crippen molar-refractivity contribution in [1.29, 1.82) is 0 Å². The summed E-state index contributed by atoms with van der Waals surface area (Å²) in [5.41, 5.74) is 0. The zero-order chi connectivity index (χ0) is 9.56. The Morgan fingerprint density at radius 1 is 1.58 bits per heavy atom. The number of ether oxygens (including phenoxy) is 1. The van der Waals surface area contributed by atoms with Gasteiger partial charge in [0.15, 0.2) is 11.9 Å². The van der Waals surface area contributed by atoms with Crippen LogP contribution in [-0.4, -0.2) is 17.9 Å². The first kappa shape index (κ1) is 10.9. The molecule has 1 radical (unpaired) electrons. The summed E-state index contributed by atoms with van der Waals surface area (Å²) in [4.78, 5) is 21.3. The fraction of sp³-hybridized carbons (Fsp3) is 0.444. The Morgan fingerprint density at radius 2 is 2.17 bits per heavy atom. The van der Waals surface area contributed by atoms with Crippen LogP contribution < -0.4 is 0 Å². The van der Waals surface area contributed by atoms with Gasteiger partial charge in [-0.05, 0) is 6.92 Å². The second-order valence-electron chi connectivity index (χ2n) is 2.37. The second-order valence-corrected chi connectivity index (χ2v) is 2.37. The number of hydrogen-bond donors (Lipinski definition) is 0. The highest BCUT2D eigenvalue weighted by Gasteiger charge is 2.14. The van der Waals surface area contributed by atoms with Crippen LogP contribution in [0.5, 0.6) is 0 Å². The van der Waals surface area contributed by atoms with Crippen LogP contribution in [0, 0.1) is 6.92 Å². The lowest BCUT2D eigenvalue weighted by molar-refractivity contribution is -0.151. The fourth-order valence-corrected chi connectivity index (χ4v) is 0.705. The molecule has 12 heavy (non-hydrogen) atoms. The molecule has 0 bridgehead atoms. The van der Waals surface area contributed by atoms with Gasteiger partial charge in [0.25, 0.3) is 0 Å². The van der Waals surface area contributed by atoms with Crippen molar-refractivity contribution in [3.05, 3.63) is 19.1 Å². The van der Waals surface area contributed by atoms with Gasteiger partial charge < -0.3 is 4.74 Å². The van der Waals surface area contributed by atoms with Gasteiger partial charge in [-0.2, -0.15) is 0 Å². The first-order chi connectivity index (χ1) is 5.57. The number of esters is 1. The summed E-state index contributed by atoms with van der Waals surface area (Å²) < 4.78 is 4.71. The van der Waals surface area contributed by atoms with Crippen molar-refractivity contribution in [3.63, 3.8) is 0 Å². The van der Waals surface area contributed by atoms with E-state index in [1.807, 2.05) is 6.92 Å². The standard InChI is InChI=1S/C9H13O3/c1-4-5-6-9(7(2)10)12-8(3)11/h4-5,9H,2,6H2,1,3H3/b5-4+. The third-order valence-electron chi connectivity index (χ3n) is 1.25. The number of carbonyl (C=O) groups is 2. The molecule has 0 amide bonds. The lowest BCUT2D eigenvalue weighted by Crippen LogP contribution is -2.23. The molecular weight excluding hydrogens is 156 g/mol. The van der Waals surface area contributed by atoms with Crippen LogP contribution in [0.2, 0.25) is 0 Å².